The van der Waals surface area contributed by atoms with E-state index in [1.807, 2.05) is 18.2 Å². The first-order valence-corrected chi connectivity index (χ1v) is 7.30. The van der Waals surface area contributed by atoms with Gasteiger partial charge in [0.25, 0.3) is 5.91 Å². The molecule has 0 bridgehead atoms. The third-order valence-electron chi connectivity index (χ3n) is 3.27. The minimum absolute atomic E-state index is 0.0112. The molecular formula is C14H18BrNO2. The standard InChI is InChI=1S/C14H18BrNO2/c1-9(2)13(6-15)16-14(17)10-3-4-11-7-18-8-12(11)5-10/h3-5,9,13H,6-8H2,1-2H3,(H,16,17). The van der Waals surface area contributed by atoms with Gasteiger partial charge in [-0.2, -0.15) is 0 Å². The van der Waals surface area contributed by atoms with Crippen molar-refractivity contribution in [1.29, 1.82) is 0 Å². The highest BCUT2D eigenvalue weighted by molar-refractivity contribution is 9.09. The van der Waals surface area contributed by atoms with Gasteiger partial charge in [0.05, 0.1) is 13.2 Å². The third kappa shape index (κ3) is 2.93. The van der Waals surface area contributed by atoms with Gasteiger partial charge in [0.2, 0.25) is 0 Å². The van der Waals surface area contributed by atoms with E-state index >= 15 is 0 Å². The van der Waals surface area contributed by atoms with Crippen molar-refractivity contribution in [2.75, 3.05) is 5.33 Å². The summed E-state index contributed by atoms with van der Waals surface area (Å²) in [5.41, 5.74) is 3.03. The van der Waals surface area contributed by atoms with E-state index in [4.69, 9.17) is 4.74 Å². The van der Waals surface area contributed by atoms with Gasteiger partial charge in [-0.3, -0.25) is 4.79 Å². The molecule has 1 aliphatic rings. The quantitative estimate of drug-likeness (QED) is 0.868. The summed E-state index contributed by atoms with van der Waals surface area (Å²) in [4.78, 5) is 12.1. The summed E-state index contributed by atoms with van der Waals surface area (Å²) in [7, 11) is 0. The molecule has 0 aromatic heterocycles. The first-order valence-electron chi connectivity index (χ1n) is 6.18. The summed E-state index contributed by atoms with van der Waals surface area (Å²) in [6.07, 6.45) is 0. The predicted molar refractivity (Wildman–Crippen MR) is 74.8 cm³/mol. The molecule has 1 atom stereocenters. The molecule has 2 rings (SSSR count). The number of nitrogens with one attached hydrogen (secondary N) is 1. The van der Waals surface area contributed by atoms with E-state index in [-0.39, 0.29) is 11.9 Å². The molecule has 1 aliphatic heterocycles. The summed E-state index contributed by atoms with van der Waals surface area (Å²) >= 11 is 3.43. The summed E-state index contributed by atoms with van der Waals surface area (Å²) in [5.74, 6) is 0.397. The number of hydrogen-bond donors (Lipinski definition) is 1. The molecule has 3 nitrogen and oxygen atoms in total. The zero-order valence-electron chi connectivity index (χ0n) is 10.7. The Morgan fingerprint density at radius 3 is 2.78 bits per heavy atom. The second kappa shape index (κ2) is 5.85. The SMILES string of the molecule is CC(C)C(CBr)NC(=O)c1ccc2c(c1)COC2. The van der Waals surface area contributed by atoms with Crippen LogP contribution in [0.1, 0.15) is 35.3 Å². The largest absolute Gasteiger partial charge is 0.372 e. The van der Waals surface area contributed by atoms with E-state index in [1.165, 1.54) is 5.56 Å². The first kappa shape index (κ1) is 13.6. The maximum absolute atomic E-state index is 12.1. The van der Waals surface area contributed by atoms with Crippen molar-refractivity contribution < 1.29 is 9.53 Å². The Morgan fingerprint density at radius 2 is 2.11 bits per heavy atom. The first-order chi connectivity index (χ1) is 8.61. The number of rotatable bonds is 4. The molecule has 0 saturated carbocycles. The number of hydrogen-bond acceptors (Lipinski definition) is 2. The van der Waals surface area contributed by atoms with Gasteiger partial charge >= 0.3 is 0 Å². The van der Waals surface area contributed by atoms with E-state index in [0.717, 1.165) is 10.9 Å². The number of amides is 1. The predicted octanol–water partition coefficient (Wildman–Crippen LogP) is 2.87. The molecule has 0 spiro atoms. The lowest BCUT2D eigenvalue weighted by molar-refractivity contribution is 0.0931. The zero-order valence-corrected chi connectivity index (χ0v) is 12.3. The summed E-state index contributed by atoms with van der Waals surface area (Å²) in [6.45, 7) is 5.47. The molecule has 1 heterocycles. The van der Waals surface area contributed by atoms with Gasteiger partial charge in [-0.1, -0.05) is 35.8 Å². The van der Waals surface area contributed by atoms with Crippen molar-refractivity contribution in [2.24, 2.45) is 5.92 Å². The Bertz CT molecular complexity index is 445. The normalized spacial score (nSPS) is 15.6. The van der Waals surface area contributed by atoms with Crippen LogP contribution in [0.3, 0.4) is 0 Å². The minimum atomic E-state index is -0.0112. The topological polar surface area (TPSA) is 38.3 Å². The zero-order chi connectivity index (χ0) is 13.1. The van der Waals surface area contributed by atoms with Crippen molar-refractivity contribution in [1.82, 2.24) is 5.32 Å². The van der Waals surface area contributed by atoms with Crippen LogP contribution in [0.4, 0.5) is 0 Å². The molecule has 1 aromatic carbocycles. The fourth-order valence-electron chi connectivity index (χ4n) is 1.95. The van der Waals surface area contributed by atoms with Crippen LogP contribution in [0.25, 0.3) is 0 Å². The van der Waals surface area contributed by atoms with E-state index in [0.29, 0.717) is 24.7 Å². The van der Waals surface area contributed by atoms with Crippen molar-refractivity contribution in [3.8, 4) is 0 Å². The molecule has 0 radical (unpaired) electrons. The molecule has 1 aromatic rings. The lowest BCUT2D eigenvalue weighted by Crippen LogP contribution is -2.39. The number of carbonyl (C=O) groups excluding carboxylic acids is 1. The van der Waals surface area contributed by atoms with E-state index in [1.54, 1.807) is 0 Å². The summed E-state index contributed by atoms with van der Waals surface area (Å²) < 4.78 is 5.35. The van der Waals surface area contributed by atoms with Crippen LogP contribution in [-0.4, -0.2) is 17.3 Å². The van der Waals surface area contributed by atoms with Gasteiger partial charge < -0.3 is 10.1 Å². The Labute approximate surface area is 116 Å². The lowest BCUT2D eigenvalue weighted by atomic mass is 10.0. The number of halogens is 1. The molecule has 1 unspecified atom stereocenters. The summed E-state index contributed by atoms with van der Waals surface area (Å²) in [6, 6.07) is 5.94. The molecular weight excluding hydrogens is 294 g/mol. The van der Waals surface area contributed by atoms with Gasteiger partial charge in [-0.15, -0.1) is 0 Å². The van der Waals surface area contributed by atoms with Crippen LogP contribution < -0.4 is 5.32 Å². The maximum atomic E-state index is 12.1. The Kier molecular flexibility index (Phi) is 4.40. The van der Waals surface area contributed by atoms with Gasteiger partial charge in [0.15, 0.2) is 0 Å². The Morgan fingerprint density at radius 1 is 1.39 bits per heavy atom. The minimum Gasteiger partial charge on any atom is -0.372 e. The van der Waals surface area contributed by atoms with Crippen molar-refractivity contribution in [3.05, 3.63) is 34.9 Å². The van der Waals surface area contributed by atoms with Crippen molar-refractivity contribution >= 4 is 21.8 Å². The van der Waals surface area contributed by atoms with Gasteiger partial charge in [-0.25, -0.2) is 0 Å². The van der Waals surface area contributed by atoms with Crippen molar-refractivity contribution in [3.63, 3.8) is 0 Å². The van der Waals surface area contributed by atoms with E-state index in [9.17, 15) is 4.79 Å². The average Bonchev–Trinajstić information content (AvgIpc) is 2.82. The Hall–Kier alpha value is -0.870. The lowest BCUT2D eigenvalue weighted by Gasteiger charge is -2.20. The van der Waals surface area contributed by atoms with Gasteiger partial charge in [0, 0.05) is 16.9 Å². The highest BCUT2D eigenvalue weighted by atomic mass is 79.9. The second-order valence-corrected chi connectivity index (χ2v) is 5.60. The second-order valence-electron chi connectivity index (χ2n) is 4.95. The number of ether oxygens (including phenoxy) is 1. The van der Waals surface area contributed by atoms with Crippen LogP contribution in [0.2, 0.25) is 0 Å². The molecule has 1 N–H and O–H groups in total. The average molecular weight is 312 g/mol. The monoisotopic (exact) mass is 311 g/mol. The van der Waals surface area contributed by atoms with Crippen LogP contribution >= 0.6 is 15.9 Å². The number of benzene rings is 1. The summed E-state index contributed by atoms with van der Waals surface area (Å²) in [5, 5.41) is 3.82. The highest BCUT2D eigenvalue weighted by Crippen LogP contribution is 2.21. The molecule has 98 valence electrons. The van der Waals surface area contributed by atoms with Gasteiger partial charge in [0.1, 0.15) is 0 Å². The van der Waals surface area contributed by atoms with Crippen LogP contribution in [-0.2, 0) is 18.0 Å². The fraction of sp³-hybridized carbons (Fsp3) is 0.500. The number of fused-ring (bicyclic) bond motifs is 1. The van der Waals surface area contributed by atoms with Crippen LogP contribution in [0.5, 0.6) is 0 Å². The maximum Gasteiger partial charge on any atom is 0.251 e. The van der Waals surface area contributed by atoms with Crippen LogP contribution in [0, 0.1) is 5.92 Å². The molecule has 1 amide bonds. The van der Waals surface area contributed by atoms with Crippen LogP contribution in [0.15, 0.2) is 18.2 Å². The fourth-order valence-corrected chi connectivity index (χ4v) is 2.86. The third-order valence-corrected chi connectivity index (χ3v) is 3.97. The smallest absolute Gasteiger partial charge is 0.251 e. The number of alkyl halides is 1. The highest BCUT2D eigenvalue weighted by Gasteiger charge is 2.18. The molecule has 0 fully saturated rings. The van der Waals surface area contributed by atoms with E-state index < -0.39 is 0 Å². The van der Waals surface area contributed by atoms with E-state index in [2.05, 4.69) is 35.1 Å². The molecule has 18 heavy (non-hydrogen) atoms. The van der Waals surface area contributed by atoms with Crippen molar-refractivity contribution in [2.45, 2.75) is 33.1 Å². The Balaban J connectivity index is 2.09. The number of carbonyl (C=O) groups is 1. The molecule has 4 heteroatoms. The molecule has 0 saturated heterocycles. The molecule has 0 aliphatic carbocycles. The van der Waals surface area contributed by atoms with Gasteiger partial charge in [-0.05, 0) is 29.2 Å².